The zero-order valence-corrected chi connectivity index (χ0v) is 16.6. The van der Waals surface area contributed by atoms with Crippen molar-refractivity contribution in [2.45, 2.75) is 19.4 Å². The Hall–Kier alpha value is -3.46. The van der Waals surface area contributed by atoms with Gasteiger partial charge in [-0.2, -0.15) is 0 Å². The highest BCUT2D eigenvalue weighted by atomic mass is 16.5. The van der Waals surface area contributed by atoms with Crippen molar-refractivity contribution < 1.29 is 9.53 Å². The molecule has 1 atom stereocenters. The molecule has 3 heteroatoms. The number of nitrogens with zero attached hydrogens (tertiary/aromatic N) is 1. The van der Waals surface area contributed by atoms with Crippen LogP contribution in [0.25, 0.3) is 6.08 Å². The first-order chi connectivity index (χ1) is 14.3. The van der Waals surface area contributed by atoms with E-state index in [1.54, 1.807) is 0 Å². The van der Waals surface area contributed by atoms with Crippen molar-refractivity contribution in [3.8, 4) is 0 Å². The third kappa shape index (κ3) is 6.01. The van der Waals surface area contributed by atoms with Crippen LogP contribution in [0.15, 0.2) is 102 Å². The molecule has 0 N–H and O–H groups in total. The summed E-state index contributed by atoms with van der Waals surface area (Å²) in [6, 6.07) is 29.3. The quantitative estimate of drug-likeness (QED) is 0.377. The molecule has 3 aromatic rings. The van der Waals surface area contributed by atoms with Crippen LogP contribution in [-0.4, -0.2) is 24.3 Å². The zero-order valence-electron chi connectivity index (χ0n) is 16.6. The molecule has 0 fully saturated rings. The van der Waals surface area contributed by atoms with Gasteiger partial charge in [-0.25, -0.2) is 4.79 Å². The van der Waals surface area contributed by atoms with E-state index < -0.39 is 6.04 Å². The second kappa shape index (κ2) is 10.8. The SMILES string of the molecule is CCOC(=O)C(CC=Cc1ccccc1)N=C(c1ccccc1)c1ccccc1. The van der Waals surface area contributed by atoms with Crippen molar-refractivity contribution in [2.24, 2.45) is 4.99 Å². The fraction of sp³-hybridized carbons (Fsp3) is 0.154. The van der Waals surface area contributed by atoms with E-state index in [1.807, 2.05) is 110 Å². The van der Waals surface area contributed by atoms with Gasteiger partial charge < -0.3 is 4.74 Å². The summed E-state index contributed by atoms with van der Waals surface area (Å²) in [5.41, 5.74) is 3.82. The topological polar surface area (TPSA) is 38.7 Å². The van der Waals surface area contributed by atoms with Gasteiger partial charge in [-0.15, -0.1) is 0 Å². The van der Waals surface area contributed by atoms with E-state index in [0.29, 0.717) is 13.0 Å². The van der Waals surface area contributed by atoms with Crippen molar-refractivity contribution in [1.29, 1.82) is 0 Å². The maximum Gasteiger partial charge on any atom is 0.331 e. The van der Waals surface area contributed by atoms with E-state index in [9.17, 15) is 4.79 Å². The molecular weight excluding hydrogens is 358 g/mol. The maximum absolute atomic E-state index is 12.6. The van der Waals surface area contributed by atoms with Gasteiger partial charge in [0.25, 0.3) is 0 Å². The highest BCUT2D eigenvalue weighted by Crippen LogP contribution is 2.15. The molecule has 0 radical (unpaired) electrons. The highest BCUT2D eigenvalue weighted by Gasteiger charge is 2.19. The van der Waals surface area contributed by atoms with Crippen LogP contribution in [0.2, 0.25) is 0 Å². The predicted molar refractivity (Wildman–Crippen MR) is 119 cm³/mol. The molecule has 0 amide bonds. The van der Waals surface area contributed by atoms with Crippen LogP contribution in [0.4, 0.5) is 0 Å². The standard InChI is InChI=1S/C26H25NO2/c1-2-29-26(28)24(20-12-15-21-13-6-3-7-14-21)27-25(22-16-8-4-9-17-22)23-18-10-5-11-19-23/h3-19,24H,2,20H2,1H3. The van der Waals surface area contributed by atoms with Gasteiger partial charge in [-0.05, 0) is 18.9 Å². The number of carbonyl (C=O) groups excluding carboxylic acids is 1. The molecule has 0 saturated carbocycles. The summed E-state index contributed by atoms with van der Waals surface area (Å²) in [5.74, 6) is -0.311. The molecule has 0 bridgehead atoms. The first kappa shape index (κ1) is 20.3. The molecule has 3 nitrogen and oxygen atoms in total. The summed E-state index contributed by atoms with van der Waals surface area (Å²) in [6.07, 6.45) is 4.46. The number of benzene rings is 3. The number of aliphatic imine (C=N–C) groups is 1. The maximum atomic E-state index is 12.6. The Balaban J connectivity index is 1.94. The predicted octanol–water partition coefficient (Wildman–Crippen LogP) is 5.56. The summed E-state index contributed by atoms with van der Waals surface area (Å²) in [6.45, 7) is 2.15. The monoisotopic (exact) mass is 383 g/mol. The molecular formula is C26H25NO2. The molecule has 146 valence electrons. The van der Waals surface area contributed by atoms with Crippen LogP contribution in [0.3, 0.4) is 0 Å². The largest absolute Gasteiger partial charge is 0.464 e. The van der Waals surface area contributed by atoms with Crippen molar-refractivity contribution in [3.05, 3.63) is 114 Å². The Morgan fingerprint density at radius 2 is 1.38 bits per heavy atom. The number of rotatable bonds is 8. The average molecular weight is 383 g/mol. The van der Waals surface area contributed by atoms with Gasteiger partial charge in [0.1, 0.15) is 0 Å². The van der Waals surface area contributed by atoms with Gasteiger partial charge in [0, 0.05) is 11.1 Å². The van der Waals surface area contributed by atoms with Crippen molar-refractivity contribution in [2.75, 3.05) is 6.61 Å². The molecule has 0 aromatic heterocycles. The number of hydrogen-bond acceptors (Lipinski definition) is 3. The van der Waals surface area contributed by atoms with Crippen molar-refractivity contribution in [3.63, 3.8) is 0 Å². The normalized spacial score (nSPS) is 11.8. The molecule has 3 aromatic carbocycles. The van der Waals surface area contributed by atoms with Crippen molar-refractivity contribution in [1.82, 2.24) is 0 Å². The minimum Gasteiger partial charge on any atom is -0.464 e. The van der Waals surface area contributed by atoms with Gasteiger partial charge in [0.15, 0.2) is 6.04 Å². The van der Waals surface area contributed by atoms with Crippen LogP contribution >= 0.6 is 0 Å². The zero-order chi connectivity index (χ0) is 20.3. The third-order valence-corrected chi connectivity index (χ3v) is 4.41. The Morgan fingerprint density at radius 1 is 0.862 bits per heavy atom. The Bertz CT molecular complexity index is 906. The van der Waals surface area contributed by atoms with E-state index in [-0.39, 0.29) is 5.97 Å². The molecule has 0 aliphatic carbocycles. The minimum atomic E-state index is -0.606. The van der Waals surface area contributed by atoms with Gasteiger partial charge >= 0.3 is 5.97 Å². The first-order valence-electron chi connectivity index (χ1n) is 9.85. The lowest BCUT2D eigenvalue weighted by Gasteiger charge is -2.14. The third-order valence-electron chi connectivity index (χ3n) is 4.41. The Kier molecular flexibility index (Phi) is 7.53. The average Bonchev–Trinajstić information content (AvgIpc) is 2.78. The lowest BCUT2D eigenvalue weighted by molar-refractivity contribution is -0.144. The van der Waals surface area contributed by atoms with Crippen molar-refractivity contribution >= 4 is 17.8 Å². The lowest BCUT2D eigenvalue weighted by Crippen LogP contribution is -2.23. The molecule has 0 aliphatic rings. The molecule has 0 spiro atoms. The van der Waals surface area contributed by atoms with Crippen LogP contribution < -0.4 is 0 Å². The summed E-state index contributed by atoms with van der Waals surface area (Å²) in [5, 5.41) is 0. The van der Waals surface area contributed by atoms with Gasteiger partial charge in [0.2, 0.25) is 0 Å². The fourth-order valence-electron chi connectivity index (χ4n) is 3.00. The minimum absolute atomic E-state index is 0.311. The first-order valence-corrected chi connectivity index (χ1v) is 9.85. The number of carbonyl (C=O) groups is 1. The second-order valence-corrected chi connectivity index (χ2v) is 6.53. The van der Waals surface area contributed by atoms with Gasteiger partial charge in [0.05, 0.1) is 12.3 Å². The molecule has 0 heterocycles. The molecule has 29 heavy (non-hydrogen) atoms. The molecule has 1 unspecified atom stereocenters. The van der Waals surface area contributed by atoms with E-state index >= 15 is 0 Å². The van der Waals surface area contributed by atoms with Crippen LogP contribution in [0, 0.1) is 0 Å². The summed E-state index contributed by atoms with van der Waals surface area (Å²) in [4.78, 5) is 17.5. The highest BCUT2D eigenvalue weighted by molar-refractivity contribution is 6.13. The summed E-state index contributed by atoms with van der Waals surface area (Å²) in [7, 11) is 0. The smallest absolute Gasteiger partial charge is 0.331 e. The Labute approximate surface area is 172 Å². The number of ether oxygens (including phenoxy) is 1. The second-order valence-electron chi connectivity index (χ2n) is 6.53. The van der Waals surface area contributed by atoms with E-state index in [1.165, 1.54) is 0 Å². The van der Waals surface area contributed by atoms with E-state index in [0.717, 1.165) is 22.4 Å². The van der Waals surface area contributed by atoms with Gasteiger partial charge in [-0.3, -0.25) is 4.99 Å². The fourth-order valence-corrected chi connectivity index (χ4v) is 3.00. The number of hydrogen-bond donors (Lipinski definition) is 0. The Morgan fingerprint density at radius 3 is 1.90 bits per heavy atom. The number of esters is 1. The molecule has 0 aliphatic heterocycles. The molecule has 0 saturated heterocycles. The van der Waals surface area contributed by atoms with Gasteiger partial charge in [-0.1, -0.05) is 103 Å². The summed E-state index contributed by atoms with van der Waals surface area (Å²) < 4.78 is 5.30. The lowest BCUT2D eigenvalue weighted by atomic mass is 10.0. The van der Waals surface area contributed by atoms with Crippen LogP contribution in [0.1, 0.15) is 30.0 Å². The van der Waals surface area contributed by atoms with Crippen LogP contribution in [-0.2, 0) is 9.53 Å². The van der Waals surface area contributed by atoms with E-state index in [2.05, 4.69) is 0 Å². The van der Waals surface area contributed by atoms with Crippen LogP contribution in [0.5, 0.6) is 0 Å². The molecule has 3 rings (SSSR count). The summed E-state index contributed by atoms with van der Waals surface area (Å²) >= 11 is 0. The van der Waals surface area contributed by atoms with E-state index in [4.69, 9.17) is 9.73 Å².